The van der Waals surface area contributed by atoms with Gasteiger partial charge in [0, 0.05) is 17.5 Å². The zero-order valence-corrected chi connectivity index (χ0v) is 11.0. The number of aryl methyl sites for hydroxylation is 1. The van der Waals surface area contributed by atoms with Crippen LogP contribution in [0.25, 0.3) is 0 Å². The second kappa shape index (κ2) is 7.02. The largest absolute Gasteiger partial charge is 0.309 e. The van der Waals surface area contributed by atoms with Crippen LogP contribution in [0.5, 0.6) is 0 Å². The summed E-state index contributed by atoms with van der Waals surface area (Å²) in [5.41, 5.74) is 1.51. The third kappa shape index (κ3) is 4.35. The molecule has 0 radical (unpaired) electrons. The standard InChI is InChI=1S/C13H23NS/c1-4-6-7-11(3)14-10-13-12(5-2)8-9-15-13/h8-9,11,14H,4-7,10H2,1-3H3. The fourth-order valence-electron chi connectivity index (χ4n) is 1.72. The van der Waals surface area contributed by atoms with Gasteiger partial charge in [0.25, 0.3) is 0 Å². The first kappa shape index (κ1) is 12.7. The van der Waals surface area contributed by atoms with Crippen LogP contribution in [0.2, 0.25) is 0 Å². The van der Waals surface area contributed by atoms with Crippen LogP contribution in [0.4, 0.5) is 0 Å². The smallest absolute Gasteiger partial charge is 0.0304 e. The number of rotatable bonds is 7. The maximum absolute atomic E-state index is 3.60. The Bertz CT molecular complexity index is 267. The highest BCUT2D eigenvalue weighted by Gasteiger charge is 2.04. The molecular weight excluding hydrogens is 202 g/mol. The van der Waals surface area contributed by atoms with Crippen LogP contribution in [-0.4, -0.2) is 6.04 Å². The molecule has 1 aromatic heterocycles. The molecule has 1 atom stereocenters. The predicted molar refractivity (Wildman–Crippen MR) is 69.5 cm³/mol. The lowest BCUT2D eigenvalue weighted by atomic mass is 10.1. The second-order valence-corrected chi connectivity index (χ2v) is 5.15. The van der Waals surface area contributed by atoms with Crippen molar-refractivity contribution in [2.45, 2.75) is 59.0 Å². The van der Waals surface area contributed by atoms with Gasteiger partial charge in [-0.05, 0) is 36.8 Å². The number of nitrogens with one attached hydrogen (secondary N) is 1. The number of hydrogen-bond donors (Lipinski definition) is 1. The molecule has 1 aromatic rings. The van der Waals surface area contributed by atoms with E-state index in [1.807, 2.05) is 11.3 Å². The van der Waals surface area contributed by atoms with E-state index in [0.29, 0.717) is 6.04 Å². The van der Waals surface area contributed by atoms with E-state index < -0.39 is 0 Å². The molecule has 1 rings (SSSR count). The fraction of sp³-hybridized carbons (Fsp3) is 0.692. The summed E-state index contributed by atoms with van der Waals surface area (Å²) in [4.78, 5) is 1.51. The molecule has 86 valence electrons. The molecule has 15 heavy (non-hydrogen) atoms. The molecule has 2 heteroatoms. The van der Waals surface area contributed by atoms with Gasteiger partial charge in [0.1, 0.15) is 0 Å². The van der Waals surface area contributed by atoms with Crippen molar-refractivity contribution in [2.24, 2.45) is 0 Å². The fourth-order valence-corrected chi connectivity index (χ4v) is 2.64. The van der Waals surface area contributed by atoms with Crippen LogP contribution in [0.15, 0.2) is 11.4 Å². The van der Waals surface area contributed by atoms with Crippen LogP contribution in [0.1, 0.15) is 50.5 Å². The van der Waals surface area contributed by atoms with E-state index in [0.717, 1.165) is 13.0 Å². The summed E-state index contributed by atoms with van der Waals surface area (Å²) in [6, 6.07) is 2.90. The van der Waals surface area contributed by atoms with Gasteiger partial charge >= 0.3 is 0 Å². The van der Waals surface area contributed by atoms with Crippen LogP contribution >= 0.6 is 11.3 Å². The summed E-state index contributed by atoms with van der Waals surface area (Å²) < 4.78 is 0. The SMILES string of the molecule is CCCCC(C)NCc1sccc1CC. The predicted octanol–water partition coefficient (Wildman–Crippen LogP) is 3.98. The topological polar surface area (TPSA) is 12.0 Å². The van der Waals surface area contributed by atoms with Gasteiger partial charge < -0.3 is 5.32 Å². The van der Waals surface area contributed by atoms with Crippen LogP contribution in [-0.2, 0) is 13.0 Å². The minimum Gasteiger partial charge on any atom is -0.309 e. The number of unbranched alkanes of at least 4 members (excludes halogenated alkanes) is 1. The molecule has 0 aliphatic heterocycles. The molecule has 0 saturated heterocycles. The van der Waals surface area contributed by atoms with Crippen LogP contribution in [0, 0.1) is 0 Å². The molecule has 1 heterocycles. The Kier molecular flexibility index (Phi) is 5.96. The normalized spacial score (nSPS) is 13.0. The average Bonchev–Trinajstić information content (AvgIpc) is 2.70. The molecule has 0 bridgehead atoms. The van der Waals surface area contributed by atoms with Gasteiger partial charge in [-0.15, -0.1) is 11.3 Å². The Morgan fingerprint density at radius 1 is 1.40 bits per heavy atom. The summed E-state index contributed by atoms with van der Waals surface area (Å²) in [6.07, 6.45) is 5.08. The van der Waals surface area contributed by atoms with Crippen molar-refractivity contribution in [2.75, 3.05) is 0 Å². The van der Waals surface area contributed by atoms with E-state index in [4.69, 9.17) is 0 Å². The monoisotopic (exact) mass is 225 g/mol. The second-order valence-electron chi connectivity index (χ2n) is 4.15. The van der Waals surface area contributed by atoms with Crippen molar-refractivity contribution in [3.8, 4) is 0 Å². The summed E-state index contributed by atoms with van der Waals surface area (Å²) in [6.45, 7) is 7.81. The highest BCUT2D eigenvalue weighted by atomic mass is 32.1. The quantitative estimate of drug-likeness (QED) is 0.740. The first-order chi connectivity index (χ1) is 7.27. The lowest BCUT2D eigenvalue weighted by molar-refractivity contribution is 0.496. The molecular formula is C13H23NS. The first-order valence-corrected chi connectivity index (χ1v) is 6.94. The van der Waals surface area contributed by atoms with Crippen molar-refractivity contribution in [3.63, 3.8) is 0 Å². The summed E-state index contributed by atoms with van der Waals surface area (Å²) in [5, 5.41) is 5.81. The highest BCUT2D eigenvalue weighted by molar-refractivity contribution is 7.10. The first-order valence-electron chi connectivity index (χ1n) is 6.06. The Morgan fingerprint density at radius 2 is 2.20 bits per heavy atom. The Hall–Kier alpha value is -0.340. The minimum atomic E-state index is 0.650. The van der Waals surface area contributed by atoms with E-state index in [-0.39, 0.29) is 0 Å². The van der Waals surface area contributed by atoms with Gasteiger partial charge in [0.2, 0.25) is 0 Å². The maximum atomic E-state index is 3.60. The van der Waals surface area contributed by atoms with E-state index in [9.17, 15) is 0 Å². The molecule has 0 saturated carbocycles. The summed E-state index contributed by atoms with van der Waals surface area (Å²) in [5.74, 6) is 0. The van der Waals surface area contributed by atoms with E-state index in [1.165, 1.54) is 29.7 Å². The van der Waals surface area contributed by atoms with Crippen LogP contribution in [0.3, 0.4) is 0 Å². The molecule has 1 nitrogen and oxygen atoms in total. The van der Waals surface area contributed by atoms with Gasteiger partial charge in [-0.25, -0.2) is 0 Å². The molecule has 0 fully saturated rings. The molecule has 0 spiro atoms. The van der Waals surface area contributed by atoms with Gasteiger partial charge in [-0.3, -0.25) is 0 Å². The van der Waals surface area contributed by atoms with Crippen molar-refractivity contribution >= 4 is 11.3 Å². The molecule has 1 unspecified atom stereocenters. The number of thiophene rings is 1. The lowest BCUT2D eigenvalue weighted by Crippen LogP contribution is -2.25. The van der Waals surface area contributed by atoms with Crippen LogP contribution < -0.4 is 5.32 Å². The molecule has 0 aromatic carbocycles. The van der Waals surface area contributed by atoms with Gasteiger partial charge in [0.05, 0.1) is 0 Å². The Balaban J connectivity index is 2.30. The Labute approximate surface area is 97.9 Å². The van der Waals surface area contributed by atoms with Crippen molar-refractivity contribution in [1.82, 2.24) is 5.32 Å². The zero-order valence-electron chi connectivity index (χ0n) is 10.2. The third-order valence-corrected chi connectivity index (χ3v) is 3.78. The number of hydrogen-bond acceptors (Lipinski definition) is 2. The molecule has 0 amide bonds. The van der Waals surface area contributed by atoms with Gasteiger partial charge in [-0.2, -0.15) is 0 Å². The van der Waals surface area contributed by atoms with Gasteiger partial charge in [0.15, 0.2) is 0 Å². The van der Waals surface area contributed by atoms with Gasteiger partial charge in [-0.1, -0.05) is 26.7 Å². The van der Waals surface area contributed by atoms with Crippen molar-refractivity contribution in [1.29, 1.82) is 0 Å². The molecule has 0 aliphatic carbocycles. The summed E-state index contributed by atoms with van der Waals surface area (Å²) >= 11 is 1.88. The molecule has 0 aliphatic rings. The van der Waals surface area contributed by atoms with E-state index in [1.54, 1.807) is 0 Å². The summed E-state index contributed by atoms with van der Waals surface area (Å²) in [7, 11) is 0. The van der Waals surface area contributed by atoms with Crippen molar-refractivity contribution < 1.29 is 0 Å². The van der Waals surface area contributed by atoms with E-state index >= 15 is 0 Å². The van der Waals surface area contributed by atoms with Crippen molar-refractivity contribution in [3.05, 3.63) is 21.9 Å². The Morgan fingerprint density at radius 3 is 2.87 bits per heavy atom. The maximum Gasteiger partial charge on any atom is 0.0304 e. The average molecular weight is 225 g/mol. The zero-order chi connectivity index (χ0) is 11.1. The lowest BCUT2D eigenvalue weighted by Gasteiger charge is -2.13. The minimum absolute atomic E-state index is 0.650. The third-order valence-electron chi connectivity index (χ3n) is 2.82. The molecule has 1 N–H and O–H groups in total. The highest BCUT2D eigenvalue weighted by Crippen LogP contribution is 2.17. The van der Waals surface area contributed by atoms with E-state index in [2.05, 4.69) is 37.5 Å².